The van der Waals surface area contributed by atoms with Crippen molar-refractivity contribution in [1.29, 1.82) is 0 Å². The lowest BCUT2D eigenvalue weighted by Crippen LogP contribution is -2.55. The molecule has 0 unspecified atom stereocenters. The Hall–Kier alpha value is -5.88. The maximum Gasteiger partial charge on any atom is 0.410 e. The first-order valence-corrected chi connectivity index (χ1v) is 22.4. The molecule has 3 saturated heterocycles. The van der Waals surface area contributed by atoms with Crippen LogP contribution in [0.15, 0.2) is 73.3 Å². The van der Waals surface area contributed by atoms with Crippen molar-refractivity contribution in [2.24, 2.45) is 5.92 Å². The number of nitrogens with zero attached hydrogens (tertiary/aromatic N) is 5. The van der Waals surface area contributed by atoms with E-state index in [-0.39, 0.29) is 50.8 Å². The number of piperidine rings is 1. The summed E-state index contributed by atoms with van der Waals surface area (Å²) >= 11 is 0. The van der Waals surface area contributed by atoms with Gasteiger partial charge in [0.1, 0.15) is 30.5 Å². The number of amides is 6. The van der Waals surface area contributed by atoms with E-state index in [1.165, 1.54) is 0 Å². The van der Waals surface area contributed by atoms with Gasteiger partial charge in [-0.3, -0.25) is 4.79 Å². The molecule has 0 aliphatic carbocycles. The van der Waals surface area contributed by atoms with Crippen LogP contribution in [0.3, 0.4) is 0 Å². The quantitative estimate of drug-likeness (QED) is 0.129. The Kier molecular flexibility index (Phi) is 17.6. The number of aryl methyl sites for hydroxylation is 1. The van der Waals surface area contributed by atoms with Gasteiger partial charge in [-0.05, 0) is 63.1 Å². The van der Waals surface area contributed by atoms with Crippen molar-refractivity contribution in [1.82, 2.24) is 40.2 Å². The third-order valence-corrected chi connectivity index (χ3v) is 11.3. The van der Waals surface area contributed by atoms with Crippen LogP contribution in [0.2, 0.25) is 0 Å². The molecule has 0 bridgehead atoms. The van der Waals surface area contributed by atoms with Crippen LogP contribution in [0.4, 0.5) is 19.2 Å². The number of carbonyl (C=O) groups is 5. The fourth-order valence-electron chi connectivity index (χ4n) is 7.70. The number of urea groups is 1. The average Bonchev–Trinajstić information content (AvgIpc) is 3.83. The molecule has 1 aromatic heterocycles. The smallest absolute Gasteiger partial charge is 0.410 e. The summed E-state index contributed by atoms with van der Waals surface area (Å²) < 4.78 is 31.6. The number of likely N-dealkylation sites (tertiary alicyclic amines) is 1. The number of benzene rings is 2. The Morgan fingerprint density at radius 3 is 2.11 bits per heavy atom. The zero-order chi connectivity index (χ0) is 45.3. The van der Waals surface area contributed by atoms with Crippen LogP contribution < -0.4 is 16.0 Å². The number of imidazole rings is 1. The van der Waals surface area contributed by atoms with Gasteiger partial charge in [-0.25, -0.2) is 24.2 Å². The summed E-state index contributed by atoms with van der Waals surface area (Å²) in [6.07, 6.45) is 5.16. The van der Waals surface area contributed by atoms with Crippen LogP contribution in [0.5, 0.6) is 0 Å². The minimum atomic E-state index is -0.720. The molecule has 64 heavy (non-hydrogen) atoms. The SMILES string of the molecule is CC(C)(C)OC(=O)NCc1ccc(CNC(=O)N2CCN(C(=O)O[C@@H]3CCO[C@H](COC(=O)N4CCC(C(=O)NCCCCn5ccnc5)CC4)[C@H]3OCc3ccccc3)CC2)cc1. The summed E-state index contributed by atoms with van der Waals surface area (Å²) in [4.78, 5) is 73.6. The Balaban J connectivity index is 0.921. The fraction of sp³-hybridized carbons (Fsp3) is 0.565. The van der Waals surface area contributed by atoms with E-state index >= 15 is 0 Å². The maximum atomic E-state index is 13.6. The molecule has 3 aliphatic rings. The topological polar surface area (TPSA) is 195 Å². The second-order valence-corrected chi connectivity index (χ2v) is 17.3. The number of aromatic nitrogens is 2. The minimum Gasteiger partial charge on any atom is -0.447 e. The molecule has 2 aromatic carbocycles. The highest BCUT2D eigenvalue weighted by Crippen LogP contribution is 2.25. The molecule has 6 amide bonds. The molecule has 3 atom stereocenters. The first-order chi connectivity index (χ1) is 30.9. The number of nitrogens with one attached hydrogen (secondary N) is 3. The van der Waals surface area contributed by atoms with E-state index in [9.17, 15) is 24.0 Å². The molecular formula is C46H64N8O10. The van der Waals surface area contributed by atoms with Crippen LogP contribution in [-0.2, 0) is 54.7 Å². The number of carbonyl (C=O) groups excluding carboxylic acids is 5. The van der Waals surface area contributed by atoms with Gasteiger partial charge in [0.25, 0.3) is 0 Å². The van der Waals surface area contributed by atoms with Gasteiger partial charge >= 0.3 is 24.3 Å². The molecule has 3 N–H and O–H groups in total. The third-order valence-electron chi connectivity index (χ3n) is 11.3. The highest BCUT2D eigenvalue weighted by atomic mass is 16.6. The summed E-state index contributed by atoms with van der Waals surface area (Å²) in [5.41, 5.74) is 2.14. The van der Waals surface area contributed by atoms with E-state index in [2.05, 4.69) is 20.9 Å². The lowest BCUT2D eigenvalue weighted by Gasteiger charge is -2.39. The number of unbranched alkanes of at least 4 members (excludes halogenated alkanes) is 1. The summed E-state index contributed by atoms with van der Waals surface area (Å²) in [5, 5.41) is 8.72. The molecule has 3 fully saturated rings. The van der Waals surface area contributed by atoms with E-state index in [0.717, 1.165) is 36.1 Å². The van der Waals surface area contributed by atoms with Crippen LogP contribution in [0.1, 0.15) is 69.6 Å². The number of rotatable bonds is 16. The first kappa shape index (κ1) is 47.6. The number of piperazine rings is 1. The predicted molar refractivity (Wildman–Crippen MR) is 235 cm³/mol. The average molecular weight is 889 g/mol. The molecule has 3 aromatic rings. The van der Waals surface area contributed by atoms with Gasteiger partial charge in [0.15, 0.2) is 0 Å². The van der Waals surface area contributed by atoms with Crippen molar-refractivity contribution < 1.29 is 47.7 Å². The molecule has 4 heterocycles. The largest absolute Gasteiger partial charge is 0.447 e. The summed E-state index contributed by atoms with van der Waals surface area (Å²) in [6.45, 7) is 9.95. The first-order valence-electron chi connectivity index (χ1n) is 22.4. The Morgan fingerprint density at radius 2 is 1.44 bits per heavy atom. The zero-order valence-electron chi connectivity index (χ0n) is 37.3. The van der Waals surface area contributed by atoms with Gasteiger partial charge in [0.05, 0.1) is 19.5 Å². The predicted octanol–water partition coefficient (Wildman–Crippen LogP) is 5.06. The van der Waals surface area contributed by atoms with Gasteiger partial charge in [0.2, 0.25) is 5.91 Å². The fourth-order valence-corrected chi connectivity index (χ4v) is 7.70. The van der Waals surface area contributed by atoms with Gasteiger partial charge in [-0.15, -0.1) is 0 Å². The van der Waals surface area contributed by atoms with Gasteiger partial charge in [0, 0.05) is 90.2 Å². The van der Waals surface area contributed by atoms with E-state index in [0.29, 0.717) is 65.1 Å². The maximum absolute atomic E-state index is 13.6. The summed E-state index contributed by atoms with van der Waals surface area (Å²) in [7, 11) is 0. The van der Waals surface area contributed by atoms with Crippen molar-refractivity contribution in [3.63, 3.8) is 0 Å². The molecule has 348 valence electrons. The van der Waals surface area contributed by atoms with E-state index in [1.54, 1.807) is 27.2 Å². The van der Waals surface area contributed by atoms with E-state index in [1.807, 2.05) is 86.1 Å². The molecule has 18 heteroatoms. The normalized spacial score (nSPS) is 19.4. The highest BCUT2D eigenvalue weighted by molar-refractivity contribution is 5.79. The monoisotopic (exact) mass is 888 g/mol. The molecule has 0 spiro atoms. The molecule has 18 nitrogen and oxygen atoms in total. The standard InChI is InChI=1S/C46H64N8O10/c1-46(2,3)64-43(57)50-30-35-13-11-34(12-14-35)29-49-42(56)52-24-26-54(27-25-52)45(59)63-38-17-28-60-39(40(38)61-31-36-9-5-4-6-10-36)32-62-44(58)53-21-15-37(16-22-53)41(55)48-18-7-8-20-51-23-19-47-33-51/h4-6,9-14,19,23,33,37-40H,7-8,15-18,20-22,24-32H2,1-3H3,(H,48,55)(H,49,56)(H,50,57)/t38-,39-,40+/m1/s1. The number of hydrogen-bond acceptors (Lipinski definition) is 11. The molecule has 3 aliphatic heterocycles. The van der Waals surface area contributed by atoms with E-state index in [4.69, 9.17) is 23.7 Å². The van der Waals surface area contributed by atoms with Crippen molar-refractivity contribution in [2.75, 3.05) is 59.0 Å². The summed E-state index contributed by atoms with van der Waals surface area (Å²) in [6, 6.07) is 16.9. The number of hydrogen-bond donors (Lipinski definition) is 3. The Bertz CT molecular complexity index is 1930. The van der Waals surface area contributed by atoms with Crippen LogP contribution >= 0.6 is 0 Å². The second-order valence-electron chi connectivity index (χ2n) is 17.3. The molecule has 6 rings (SSSR count). The number of ether oxygens (including phenoxy) is 5. The second kappa shape index (κ2) is 23.7. The van der Waals surface area contributed by atoms with Crippen molar-refractivity contribution in [2.45, 2.75) is 103 Å². The Labute approximate surface area is 375 Å². The lowest BCUT2D eigenvalue weighted by atomic mass is 9.96. The zero-order valence-corrected chi connectivity index (χ0v) is 37.3. The van der Waals surface area contributed by atoms with Gasteiger partial charge in [-0.1, -0.05) is 54.6 Å². The highest BCUT2D eigenvalue weighted by Gasteiger charge is 2.40. The minimum absolute atomic E-state index is 0.0144. The van der Waals surface area contributed by atoms with Crippen LogP contribution in [-0.4, -0.2) is 137 Å². The lowest BCUT2D eigenvalue weighted by molar-refractivity contribution is -0.178. The van der Waals surface area contributed by atoms with Crippen molar-refractivity contribution in [3.8, 4) is 0 Å². The van der Waals surface area contributed by atoms with E-state index < -0.39 is 42.2 Å². The molecule has 0 saturated carbocycles. The third kappa shape index (κ3) is 15.1. The number of alkyl carbamates (subject to hydrolysis) is 1. The molecular weight excluding hydrogens is 825 g/mol. The Morgan fingerprint density at radius 1 is 0.766 bits per heavy atom. The van der Waals surface area contributed by atoms with Gasteiger partial charge in [-0.2, -0.15) is 0 Å². The summed E-state index contributed by atoms with van der Waals surface area (Å²) in [5.74, 6) is -0.148. The van der Waals surface area contributed by atoms with Crippen LogP contribution in [0, 0.1) is 5.92 Å². The van der Waals surface area contributed by atoms with Gasteiger partial charge < -0.3 is 58.9 Å². The van der Waals surface area contributed by atoms with Crippen molar-refractivity contribution in [3.05, 3.63) is 90.0 Å². The van der Waals surface area contributed by atoms with Crippen LogP contribution in [0.25, 0.3) is 0 Å². The molecule has 0 radical (unpaired) electrons. The van der Waals surface area contributed by atoms with Crippen molar-refractivity contribution >= 4 is 30.2 Å².